The third-order valence-electron chi connectivity index (χ3n) is 2.36. The van der Waals surface area contributed by atoms with Crippen molar-refractivity contribution < 1.29 is 14.1 Å². The van der Waals surface area contributed by atoms with Crippen LogP contribution in [0.15, 0.2) is 24.3 Å². The van der Waals surface area contributed by atoms with E-state index in [-0.39, 0.29) is 11.2 Å². The fraction of sp³-hybridized carbons (Fsp3) is 0.462. The van der Waals surface area contributed by atoms with Crippen LogP contribution in [0.5, 0.6) is 0 Å². The van der Waals surface area contributed by atoms with Gasteiger partial charge in [-0.2, -0.15) is 0 Å². The molecule has 1 rings (SSSR count). The van der Waals surface area contributed by atoms with Crippen molar-refractivity contribution >= 4 is 16.8 Å². The summed E-state index contributed by atoms with van der Waals surface area (Å²) in [7, 11) is -0.922. The molecule has 4 heteroatoms. The topological polar surface area (TPSA) is 54.4 Å². The molecule has 1 aromatic rings. The van der Waals surface area contributed by atoms with E-state index in [1.54, 1.807) is 12.1 Å². The van der Waals surface area contributed by atoms with E-state index in [9.17, 15) is 9.00 Å². The van der Waals surface area contributed by atoms with Crippen molar-refractivity contribution in [1.82, 2.24) is 0 Å². The molecule has 1 N–H and O–H groups in total. The van der Waals surface area contributed by atoms with Gasteiger partial charge in [-0.15, -0.1) is 0 Å². The smallest absolute Gasteiger partial charge is 0.307 e. The average molecular weight is 254 g/mol. The third-order valence-corrected chi connectivity index (χ3v) is 4.32. The van der Waals surface area contributed by atoms with Crippen LogP contribution in [0.25, 0.3) is 0 Å². The highest BCUT2D eigenvalue weighted by atomic mass is 32.2. The van der Waals surface area contributed by atoms with Gasteiger partial charge in [-0.05, 0) is 31.9 Å². The maximum Gasteiger partial charge on any atom is 0.307 e. The third kappa shape index (κ3) is 4.69. The molecule has 0 aliphatic rings. The molecule has 1 atom stereocenters. The molecule has 94 valence electrons. The molecule has 0 saturated heterocycles. The Bertz CT molecular complexity index is 415. The minimum Gasteiger partial charge on any atom is -0.481 e. The molecule has 0 bridgehead atoms. The van der Waals surface area contributed by atoms with E-state index in [1.165, 1.54) is 0 Å². The normalized spacial score (nSPS) is 13.4. The first-order valence-corrected chi connectivity index (χ1v) is 6.79. The number of benzene rings is 1. The summed E-state index contributed by atoms with van der Waals surface area (Å²) in [6.45, 7) is 5.84. The number of aliphatic carboxylic acids is 1. The van der Waals surface area contributed by atoms with Crippen molar-refractivity contribution in [2.24, 2.45) is 0 Å². The minimum absolute atomic E-state index is 0.0304. The molecule has 0 fully saturated rings. The van der Waals surface area contributed by atoms with Crippen LogP contribution in [0.1, 0.15) is 31.9 Å². The Labute approximate surface area is 104 Å². The number of carbonyl (C=O) groups is 1. The molecule has 17 heavy (non-hydrogen) atoms. The van der Waals surface area contributed by atoms with Crippen molar-refractivity contribution in [2.45, 2.75) is 37.7 Å². The van der Waals surface area contributed by atoms with Crippen LogP contribution in [0.4, 0.5) is 0 Å². The summed E-state index contributed by atoms with van der Waals surface area (Å²) >= 11 is 0. The predicted molar refractivity (Wildman–Crippen MR) is 69.4 cm³/mol. The summed E-state index contributed by atoms with van der Waals surface area (Å²) in [5.74, 6) is -0.326. The lowest BCUT2D eigenvalue weighted by Crippen LogP contribution is -2.22. The zero-order valence-corrected chi connectivity index (χ0v) is 11.2. The second-order valence-electron chi connectivity index (χ2n) is 4.99. The zero-order chi connectivity index (χ0) is 13.1. The van der Waals surface area contributed by atoms with Crippen LogP contribution < -0.4 is 0 Å². The van der Waals surface area contributed by atoms with E-state index in [0.717, 1.165) is 11.1 Å². The Balaban J connectivity index is 2.69. The van der Waals surface area contributed by atoms with E-state index in [4.69, 9.17) is 5.11 Å². The standard InChI is InChI=1S/C13H18O3S/c1-13(2,3)17(16)9-11-6-4-10(5-7-11)8-12(14)15/h4-7H,8-9H2,1-3H3,(H,14,15). The zero-order valence-electron chi connectivity index (χ0n) is 10.4. The number of carboxylic acids is 1. The van der Waals surface area contributed by atoms with E-state index in [2.05, 4.69) is 0 Å². The molecular formula is C13H18O3S. The molecule has 0 radical (unpaired) electrons. The lowest BCUT2D eigenvalue weighted by molar-refractivity contribution is -0.136. The molecule has 0 aliphatic heterocycles. The summed E-state index contributed by atoms with van der Waals surface area (Å²) in [5, 5.41) is 8.64. The lowest BCUT2D eigenvalue weighted by atomic mass is 10.1. The van der Waals surface area contributed by atoms with Crippen LogP contribution in [0, 0.1) is 0 Å². The van der Waals surface area contributed by atoms with Gasteiger partial charge in [0.2, 0.25) is 0 Å². The van der Waals surface area contributed by atoms with Gasteiger partial charge in [0.25, 0.3) is 0 Å². The maximum absolute atomic E-state index is 11.9. The van der Waals surface area contributed by atoms with E-state index in [1.807, 2.05) is 32.9 Å². The lowest BCUT2D eigenvalue weighted by Gasteiger charge is -2.17. The highest BCUT2D eigenvalue weighted by molar-refractivity contribution is 7.85. The van der Waals surface area contributed by atoms with Gasteiger partial charge < -0.3 is 5.11 Å². The predicted octanol–water partition coefficient (Wildman–Crippen LogP) is 2.36. The maximum atomic E-state index is 11.9. The molecule has 1 aromatic carbocycles. The number of hydrogen-bond donors (Lipinski definition) is 1. The van der Waals surface area contributed by atoms with Crippen molar-refractivity contribution in [3.8, 4) is 0 Å². The molecule has 1 unspecified atom stereocenters. The Kier molecular flexibility index (Phi) is 4.46. The first-order valence-electron chi connectivity index (χ1n) is 5.47. The average Bonchev–Trinajstić information content (AvgIpc) is 2.18. The van der Waals surface area contributed by atoms with E-state index >= 15 is 0 Å². The van der Waals surface area contributed by atoms with Gasteiger partial charge in [0.15, 0.2) is 0 Å². The van der Waals surface area contributed by atoms with Gasteiger partial charge >= 0.3 is 5.97 Å². The van der Waals surface area contributed by atoms with E-state index < -0.39 is 16.8 Å². The fourth-order valence-electron chi connectivity index (χ4n) is 1.30. The summed E-state index contributed by atoms with van der Waals surface area (Å²) in [5.41, 5.74) is 1.75. The fourth-order valence-corrected chi connectivity index (χ4v) is 2.22. The monoisotopic (exact) mass is 254 g/mol. The van der Waals surface area contributed by atoms with Crippen molar-refractivity contribution in [3.05, 3.63) is 35.4 Å². The summed E-state index contributed by atoms with van der Waals surface area (Å²) in [4.78, 5) is 10.5. The summed E-state index contributed by atoms with van der Waals surface area (Å²) in [6.07, 6.45) is 0.0304. The number of carboxylic acid groups (broad SMARTS) is 1. The van der Waals surface area contributed by atoms with Gasteiger partial charge in [0.1, 0.15) is 0 Å². The second-order valence-corrected chi connectivity index (χ2v) is 7.19. The minimum atomic E-state index is -0.922. The molecule has 0 saturated carbocycles. The molecule has 0 aromatic heterocycles. The van der Waals surface area contributed by atoms with Gasteiger partial charge in [-0.25, -0.2) is 0 Å². The summed E-state index contributed by atoms with van der Waals surface area (Å²) in [6, 6.07) is 7.26. The van der Waals surface area contributed by atoms with Gasteiger partial charge in [0, 0.05) is 21.3 Å². The van der Waals surface area contributed by atoms with Crippen LogP contribution in [0.2, 0.25) is 0 Å². The molecule has 0 amide bonds. The Morgan fingerprint density at radius 2 is 1.65 bits per heavy atom. The van der Waals surface area contributed by atoms with Gasteiger partial charge in [-0.3, -0.25) is 9.00 Å². The van der Waals surface area contributed by atoms with E-state index in [0.29, 0.717) is 5.75 Å². The molecule has 0 spiro atoms. The van der Waals surface area contributed by atoms with Gasteiger partial charge in [0.05, 0.1) is 6.42 Å². The first-order chi connectivity index (χ1) is 7.79. The quantitative estimate of drug-likeness (QED) is 0.897. The first kappa shape index (κ1) is 13.9. The number of rotatable bonds is 4. The van der Waals surface area contributed by atoms with Crippen molar-refractivity contribution in [2.75, 3.05) is 0 Å². The molecule has 3 nitrogen and oxygen atoms in total. The largest absolute Gasteiger partial charge is 0.481 e. The van der Waals surface area contributed by atoms with Crippen molar-refractivity contribution in [3.63, 3.8) is 0 Å². The summed E-state index contributed by atoms with van der Waals surface area (Å²) < 4.78 is 11.7. The van der Waals surface area contributed by atoms with Gasteiger partial charge in [-0.1, -0.05) is 24.3 Å². The molecule has 0 heterocycles. The van der Waals surface area contributed by atoms with Crippen LogP contribution in [0.3, 0.4) is 0 Å². The second kappa shape index (κ2) is 5.45. The highest BCUT2D eigenvalue weighted by Gasteiger charge is 2.19. The van der Waals surface area contributed by atoms with Crippen LogP contribution in [-0.2, 0) is 27.8 Å². The molecular weight excluding hydrogens is 236 g/mol. The Morgan fingerprint density at radius 1 is 1.18 bits per heavy atom. The number of hydrogen-bond acceptors (Lipinski definition) is 2. The SMILES string of the molecule is CC(C)(C)S(=O)Cc1ccc(CC(=O)O)cc1. The Morgan fingerprint density at radius 3 is 2.06 bits per heavy atom. The highest BCUT2D eigenvalue weighted by Crippen LogP contribution is 2.16. The van der Waals surface area contributed by atoms with Crippen molar-refractivity contribution in [1.29, 1.82) is 0 Å². The molecule has 0 aliphatic carbocycles. The Hall–Kier alpha value is -1.16. The van der Waals surface area contributed by atoms with Crippen LogP contribution >= 0.6 is 0 Å². The van der Waals surface area contributed by atoms with Crippen LogP contribution in [-0.4, -0.2) is 20.0 Å².